The van der Waals surface area contributed by atoms with Crippen molar-refractivity contribution < 1.29 is 31.7 Å². The lowest BCUT2D eigenvalue weighted by atomic mass is 9.54. The fourth-order valence-corrected chi connectivity index (χ4v) is 7.03. The predicted molar refractivity (Wildman–Crippen MR) is 104 cm³/mol. The van der Waals surface area contributed by atoms with Crippen LogP contribution < -0.4 is 0 Å². The molecular weight excluding hydrogens is 396 g/mol. The molecule has 0 amide bonds. The highest BCUT2D eigenvalue weighted by atomic mass is 32.2. The van der Waals surface area contributed by atoms with E-state index in [1.165, 1.54) is 31.4 Å². The Labute approximate surface area is 171 Å². The quantitative estimate of drug-likeness (QED) is 0.494. The molecule has 5 aliphatic carbocycles. The summed E-state index contributed by atoms with van der Waals surface area (Å²) in [6.07, 6.45) is 11.6. The van der Waals surface area contributed by atoms with Gasteiger partial charge in [-0.05, 0) is 62.4 Å². The molecule has 4 saturated carbocycles. The van der Waals surface area contributed by atoms with E-state index in [1.54, 1.807) is 13.0 Å². The van der Waals surface area contributed by atoms with Crippen LogP contribution in [0.25, 0.3) is 0 Å². The van der Waals surface area contributed by atoms with Crippen LogP contribution in [-0.4, -0.2) is 44.9 Å². The van der Waals surface area contributed by atoms with Gasteiger partial charge >= 0.3 is 11.9 Å². The number of methoxy groups -OCH3 is 1. The molecule has 160 valence electrons. The van der Waals surface area contributed by atoms with Crippen LogP contribution in [-0.2, 0) is 33.4 Å². The second-order valence-corrected chi connectivity index (χ2v) is 10.8. The van der Waals surface area contributed by atoms with Crippen molar-refractivity contribution in [3.05, 3.63) is 23.8 Å². The average Bonchev–Trinajstić information content (AvgIpc) is 2.60. The number of carbonyl (C=O) groups excluding carboxylic acids is 2. The van der Waals surface area contributed by atoms with Gasteiger partial charge in [-0.15, -0.1) is 0 Å². The Morgan fingerprint density at radius 3 is 2.10 bits per heavy atom. The van der Waals surface area contributed by atoms with Gasteiger partial charge in [-0.25, -0.2) is 13.8 Å². The Morgan fingerprint density at radius 1 is 1.07 bits per heavy atom. The van der Waals surface area contributed by atoms with Crippen LogP contribution in [0.5, 0.6) is 0 Å². The van der Waals surface area contributed by atoms with Gasteiger partial charge in [-0.3, -0.25) is 0 Å². The third-order valence-corrected chi connectivity index (χ3v) is 7.63. The number of rotatable bonds is 5. The first kappa shape index (κ1) is 20.6. The summed E-state index contributed by atoms with van der Waals surface area (Å²) in [5, 5.41) is 0. The van der Waals surface area contributed by atoms with Crippen molar-refractivity contribution in [3.63, 3.8) is 0 Å². The highest BCUT2D eigenvalue weighted by Crippen LogP contribution is 2.57. The van der Waals surface area contributed by atoms with Gasteiger partial charge in [0.15, 0.2) is 0 Å². The van der Waals surface area contributed by atoms with Crippen LogP contribution >= 0.6 is 0 Å². The van der Waals surface area contributed by atoms with E-state index in [1.807, 2.05) is 0 Å². The lowest BCUT2D eigenvalue weighted by Gasteiger charge is -2.55. The number of allylic oxidation sites excluding steroid dienone is 2. The molecule has 0 aromatic heterocycles. The fraction of sp³-hybridized carbons (Fsp3) is 0.714. The third kappa shape index (κ3) is 3.65. The maximum atomic E-state index is 13.2. The van der Waals surface area contributed by atoms with E-state index in [0.29, 0.717) is 17.8 Å². The summed E-state index contributed by atoms with van der Waals surface area (Å²) in [4.78, 5) is 25.7. The summed E-state index contributed by atoms with van der Waals surface area (Å²) in [5.41, 5.74) is -2.14. The number of hydrogen-bond donors (Lipinski definition) is 0. The van der Waals surface area contributed by atoms with Gasteiger partial charge in [0.2, 0.25) is 5.60 Å². The minimum absolute atomic E-state index is 0.220. The molecule has 29 heavy (non-hydrogen) atoms. The summed E-state index contributed by atoms with van der Waals surface area (Å²) in [6.45, 7) is 1.58. The molecule has 0 N–H and O–H groups in total. The van der Waals surface area contributed by atoms with Crippen molar-refractivity contribution >= 4 is 22.1 Å². The topological polar surface area (TPSA) is 96.0 Å². The number of ether oxygens (including phenoxy) is 2. The van der Waals surface area contributed by atoms with Crippen molar-refractivity contribution in [1.82, 2.24) is 0 Å². The first-order chi connectivity index (χ1) is 13.6. The molecule has 0 aliphatic heterocycles. The maximum Gasteiger partial charge on any atom is 0.344 e. The summed E-state index contributed by atoms with van der Waals surface area (Å²) >= 11 is 0. The van der Waals surface area contributed by atoms with Crippen molar-refractivity contribution in [2.75, 3.05) is 13.4 Å². The van der Waals surface area contributed by atoms with Crippen LogP contribution in [0.2, 0.25) is 0 Å². The van der Waals surface area contributed by atoms with Gasteiger partial charge in [0.05, 0.1) is 13.4 Å². The highest BCUT2D eigenvalue weighted by molar-refractivity contribution is 7.86. The average molecular weight is 425 g/mol. The second-order valence-electron chi connectivity index (χ2n) is 9.27. The normalized spacial score (nSPS) is 40.4. The number of esters is 2. The Kier molecular flexibility index (Phi) is 4.93. The van der Waals surface area contributed by atoms with Crippen LogP contribution in [0, 0.1) is 23.7 Å². The molecule has 2 atom stereocenters. The molecule has 7 nitrogen and oxygen atoms in total. The van der Waals surface area contributed by atoms with Gasteiger partial charge in [0.1, 0.15) is 5.60 Å². The first-order valence-electron chi connectivity index (χ1n) is 10.2. The number of carbonyl (C=O) groups is 2. The maximum absolute atomic E-state index is 13.2. The van der Waals surface area contributed by atoms with Gasteiger partial charge in [-0.2, -0.15) is 8.42 Å². The van der Waals surface area contributed by atoms with Crippen molar-refractivity contribution in [3.8, 4) is 0 Å². The predicted octanol–water partition coefficient (Wildman–Crippen LogP) is 2.52. The van der Waals surface area contributed by atoms with Crippen LogP contribution in [0.1, 0.15) is 45.4 Å². The van der Waals surface area contributed by atoms with E-state index in [9.17, 15) is 18.0 Å². The molecule has 8 heteroatoms. The number of hydrogen-bond acceptors (Lipinski definition) is 7. The summed E-state index contributed by atoms with van der Waals surface area (Å²) in [7, 11) is -2.84. The summed E-state index contributed by atoms with van der Waals surface area (Å²) < 4.78 is 39.8. The third-order valence-electron chi connectivity index (χ3n) is 7.05. The smallest absolute Gasteiger partial charge is 0.344 e. The molecule has 0 aromatic carbocycles. The van der Waals surface area contributed by atoms with Crippen molar-refractivity contribution in [2.45, 2.75) is 56.7 Å². The van der Waals surface area contributed by atoms with Crippen molar-refractivity contribution in [1.29, 1.82) is 0 Å². The van der Waals surface area contributed by atoms with Crippen LogP contribution in [0.15, 0.2) is 23.8 Å². The molecule has 2 unspecified atom stereocenters. The minimum atomic E-state index is -3.99. The molecule has 4 fully saturated rings. The monoisotopic (exact) mass is 424 g/mol. The van der Waals surface area contributed by atoms with Crippen molar-refractivity contribution in [2.24, 2.45) is 23.7 Å². The fourth-order valence-electron chi connectivity index (χ4n) is 6.26. The van der Waals surface area contributed by atoms with E-state index < -0.39 is 39.2 Å². The molecule has 5 aliphatic rings. The molecule has 0 aromatic rings. The van der Waals surface area contributed by atoms with Crippen LogP contribution in [0.3, 0.4) is 0 Å². The van der Waals surface area contributed by atoms with Gasteiger partial charge in [-0.1, -0.05) is 19.1 Å². The Morgan fingerprint density at radius 2 is 1.62 bits per heavy atom. The molecule has 4 bridgehead atoms. The van der Waals surface area contributed by atoms with E-state index >= 15 is 0 Å². The Hall–Kier alpha value is -1.67. The molecule has 0 saturated heterocycles. The lowest BCUT2D eigenvalue weighted by molar-refractivity contribution is -0.183. The largest absolute Gasteiger partial charge is 0.467 e. The molecule has 5 rings (SSSR count). The van der Waals surface area contributed by atoms with Gasteiger partial charge < -0.3 is 9.47 Å². The zero-order chi connectivity index (χ0) is 21.0. The summed E-state index contributed by atoms with van der Waals surface area (Å²) in [6, 6.07) is 0. The molecule has 0 spiro atoms. The summed E-state index contributed by atoms with van der Waals surface area (Å²) in [5.74, 6) is -0.400. The van der Waals surface area contributed by atoms with Gasteiger partial charge in [0.25, 0.3) is 10.1 Å². The van der Waals surface area contributed by atoms with E-state index in [0.717, 1.165) is 32.6 Å². The first-order valence-corrected chi connectivity index (χ1v) is 12.0. The molecular formula is C21H28O7S. The van der Waals surface area contributed by atoms with E-state index in [-0.39, 0.29) is 5.57 Å². The lowest BCUT2D eigenvalue weighted by Crippen LogP contribution is -2.54. The zero-order valence-corrected chi connectivity index (χ0v) is 17.9. The second kappa shape index (κ2) is 6.94. The van der Waals surface area contributed by atoms with E-state index in [2.05, 4.69) is 0 Å². The minimum Gasteiger partial charge on any atom is -0.467 e. The Bertz CT molecular complexity index is 849. The zero-order valence-electron chi connectivity index (χ0n) is 17.1. The van der Waals surface area contributed by atoms with E-state index in [4.69, 9.17) is 13.7 Å². The highest BCUT2D eigenvalue weighted by Gasteiger charge is 2.55. The van der Waals surface area contributed by atoms with Crippen LogP contribution in [0.4, 0.5) is 0 Å². The molecule has 0 heterocycles. The molecule has 0 radical (unpaired) electrons. The van der Waals surface area contributed by atoms with Gasteiger partial charge in [0, 0.05) is 11.5 Å². The Balaban J connectivity index is 1.58. The SMILES string of the molecule is COC(=O)C1(OS(C)(=O)=O)C=CC=C(C(=O)OC23CC4CC(CC(C4)C2)C3)C1C. The standard InChI is InChI=1S/C21H28O7S/c1-13-17(5-4-6-21(13,19(23)26-2)28-29(3,24)25)18(22)27-20-10-14-7-15(11-20)9-16(8-14)12-20/h4-6,13-16H,7-12H2,1-3H3.